The van der Waals surface area contributed by atoms with E-state index in [9.17, 15) is 0 Å². The fourth-order valence-corrected chi connectivity index (χ4v) is 3.18. The molecule has 0 amide bonds. The van der Waals surface area contributed by atoms with Crippen molar-refractivity contribution in [1.29, 1.82) is 0 Å². The van der Waals surface area contributed by atoms with E-state index in [2.05, 4.69) is 11.8 Å². The van der Waals surface area contributed by atoms with Crippen molar-refractivity contribution in [2.24, 2.45) is 17.6 Å². The van der Waals surface area contributed by atoms with E-state index in [4.69, 9.17) is 5.73 Å². The summed E-state index contributed by atoms with van der Waals surface area (Å²) in [7, 11) is 0. The van der Waals surface area contributed by atoms with Crippen LogP contribution in [0.3, 0.4) is 0 Å². The molecule has 2 atom stereocenters. The van der Waals surface area contributed by atoms with Gasteiger partial charge >= 0.3 is 0 Å². The van der Waals surface area contributed by atoms with Crippen LogP contribution in [0.2, 0.25) is 0 Å². The fraction of sp³-hybridized carbons (Fsp3) is 1.00. The Bertz CT molecular complexity index is 187. The number of hydrogen-bond acceptors (Lipinski definition) is 2. The van der Waals surface area contributed by atoms with E-state index in [0.29, 0.717) is 6.17 Å². The first kappa shape index (κ1) is 11.4. The summed E-state index contributed by atoms with van der Waals surface area (Å²) in [5.41, 5.74) is 6.18. The second kappa shape index (κ2) is 5.31. The Labute approximate surface area is 94.2 Å². The molecule has 1 aliphatic carbocycles. The van der Waals surface area contributed by atoms with Crippen LogP contribution in [0.25, 0.3) is 0 Å². The molecule has 15 heavy (non-hydrogen) atoms. The molecular formula is C13H26N2. The van der Waals surface area contributed by atoms with E-state index in [1.54, 1.807) is 0 Å². The third-order valence-corrected chi connectivity index (χ3v) is 4.19. The minimum Gasteiger partial charge on any atom is -0.316 e. The molecule has 2 heteroatoms. The average Bonchev–Trinajstić information content (AvgIpc) is 2.25. The summed E-state index contributed by atoms with van der Waals surface area (Å²) in [5.74, 6) is 1.79. The molecule has 0 aromatic carbocycles. The minimum absolute atomic E-state index is 0.350. The molecule has 0 aromatic heterocycles. The molecule has 2 N–H and O–H groups in total. The summed E-state index contributed by atoms with van der Waals surface area (Å²) in [6.45, 7) is 4.86. The molecular weight excluding hydrogens is 184 g/mol. The second-order valence-corrected chi connectivity index (χ2v) is 5.71. The zero-order valence-corrected chi connectivity index (χ0v) is 10.1. The molecule has 0 bridgehead atoms. The topological polar surface area (TPSA) is 29.3 Å². The number of hydrogen-bond donors (Lipinski definition) is 1. The van der Waals surface area contributed by atoms with E-state index >= 15 is 0 Å². The summed E-state index contributed by atoms with van der Waals surface area (Å²) in [6, 6.07) is 0. The molecule has 2 rings (SSSR count). The van der Waals surface area contributed by atoms with Crippen LogP contribution in [0, 0.1) is 11.8 Å². The molecule has 0 spiro atoms. The first-order valence-corrected chi connectivity index (χ1v) is 6.75. The van der Waals surface area contributed by atoms with Crippen LogP contribution in [0.5, 0.6) is 0 Å². The first-order valence-electron chi connectivity index (χ1n) is 6.75. The number of likely N-dealkylation sites (tertiary alicyclic amines) is 1. The van der Waals surface area contributed by atoms with Gasteiger partial charge in [0.2, 0.25) is 0 Å². The number of nitrogens with two attached hydrogens (primary N) is 1. The maximum absolute atomic E-state index is 6.18. The van der Waals surface area contributed by atoms with Gasteiger partial charge in [-0.2, -0.15) is 0 Å². The zero-order valence-electron chi connectivity index (χ0n) is 10.1. The van der Waals surface area contributed by atoms with Crippen LogP contribution in [-0.4, -0.2) is 24.2 Å². The van der Waals surface area contributed by atoms with Crippen molar-refractivity contribution >= 4 is 0 Å². The van der Waals surface area contributed by atoms with Gasteiger partial charge in [0.25, 0.3) is 0 Å². The van der Waals surface area contributed by atoms with Crippen LogP contribution in [0.4, 0.5) is 0 Å². The Hall–Kier alpha value is -0.0800. The second-order valence-electron chi connectivity index (χ2n) is 5.71. The third kappa shape index (κ3) is 3.18. The van der Waals surface area contributed by atoms with E-state index in [0.717, 1.165) is 11.8 Å². The van der Waals surface area contributed by atoms with Crippen molar-refractivity contribution in [1.82, 2.24) is 4.90 Å². The van der Waals surface area contributed by atoms with Crippen molar-refractivity contribution < 1.29 is 0 Å². The number of piperidine rings is 1. The SMILES string of the molecule is CC1CCC(N)N(CC2CCCCC2)C1. The molecule has 2 aliphatic rings. The molecule has 88 valence electrons. The quantitative estimate of drug-likeness (QED) is 0.759. The standard InChI is InChI=1S/C13H26N2/c1-11-7-8-13(14)15(9-11)10-12-5-3-2-4-6-12/h11-13H,2-10,14H2,1H3. The molecule has 1 aliphatic heterocycles. The normalized spacial score (nSPS) is 35.6. The highest BCUT2D eigenvalue weighted by atomic mass is 15.2. The van der Waals surface area contributed by atoms with Gasteiger partial charge in [-0.05, 0) is 37.5 Å². The molecule has 1 saturated heterocycles. The largest absolute Gasteiger partial charge is 0.316 e. The lowest BCUT2D eigenvalue weighted by atomic mass is 9.87. The Morgan fingerprint density at radius 2 is 1.80 bits per heavy atom. The highest BCUT2D eigenvalue weighted by Gasteiger charge is 2.26. The molecule has 0 radical (unpaired) electrons. The van der Waals surface area contributed by atoms with Gasteiger partial charge in [0.05, 0.1) is 6.17 Å². The predicted molar refractivity (Wildman–Crippen MR) is 64.5 cm³/mol. The lowest BCUT2D eigenvalue weighted by Crippen LogP contribution is -2.49. The Morgan fingerprint density at radius 1 is 1.07 bits per heavy atom. The zero-order chi connectivity index (χ0) is 10.7. The van der Waals surface area contributed by atoms with E-state index in [-0.39, 0.29) is 0 Å². The van der Waals surface area contributed by atoms with Gasteiger partial charge < -0.3 is 5.73 Å². The summed E-state index contributed by atoms with van der Waals surface area (Å²) in [5, 5.41) is 0. The predicted octanol–water partition coefficient (Wildman–Crippen LogP) is 2.58. The van der Waals surface area contributed by atoms with Gasteiger partial charge in [-0.3, -0.25) is 4.90 Å². The first-order chi connectivity index (χ1) is 7.25. The molecule has 2 unspecified atom stereocenters. The molecule has 2 fully saturated rings. The Kier molecular flexibility index (Phi) is 4.04. The number of nitrogens with zero attached hydrogens (tertiary/aromatic N) is 1. The Morgan fingerprint density at radius 3 is 2.53 bits per heavy atom. The average molecular weight is 210 g/mol. The van der Waals surface area contributed by atoms with E-state index in [1.807, 2.05) is 0 Å². The van der Waals surface area contributed by atoms with Crippen molar-refractivity contribution in [3.63, 3.8) is 0 Å². The number of rotatable bonds is 2. The maximum Gasteiger partial charge on any atom is 0.0572 e. The fourth-order valence-electron chi connectivity index (χ4n) is 3.18. The van der Waals surface area contributed by atoms with Crippen LogP contribution in [-0.2, 0) is 0 Å². The van der Waals surface area contributed by atoms with Gasteiger partial charge in [-0.1, -0.05) is 26.2 Å². The van der Waals surface area contributed by atoms with Crippen molar-refractivity contribution in [3.8, 4) is 0 Å². The lowest BCUT2D eigenvalue weighted by Gasteiger charge is -2.39. The highest BCUT2D eigenvalue weighted by Crippen LogP contribution is 2.27. The summed E-state index contributed by atoms with van der Waals surface area (Å²) >= 11 is 0. The van der Waals surface area contributed by atoms with Gasteiger partial charge in [0.15, 0.2) is 0 Å². The van der Waals surface area contributed by atoms with E-state index in [1.165, 1.54) is 58.0 Å². The van der Waals surface area contributed by atoms with E-state index < -0.39 is 0 Å². The third-order valence-electron chi connectivity index (χ3n) is 4.19. The van der Waals surface area contributed by atoms with Crippen LogP contribution in [0.15, 0.2) is 0 Å². The molecule has 2 nitrogen and oxygen atoms in total. The molecule has 0 aromatic rings. The summed E-state index contributed by atoms with van der Waals surface area (Å²) in [4.78, 5) is 2.55. The van der Waals surface area contributed by atoms with Gasteiger partial charge in [0, 0.05) is 13.1 Å². The van der Waals surface area contributed by atoms with Gasteiger partial charge in [-0.25, -0.2) is 0 Å². The van der Waals surface area contributed by atoms with Crippen LogP contribution in [0.1, 0.15) is 51.9 Å². The summed E-state index contributed by atoms with van der Waals surface area (Å²) in [6.07, 6.45) is 10.1. The molecule has 1 saturated carbocycles. The minimum atomic E-state index is 0.350. The maximum atomic E-state index is 6.18. The highest BCUT2D eigenvalue weighted by molar-refractivity contribution is 4.79. The van der Waals surface area contributed by atoms with Crippen molar-refractivity contribution in [3.05, 3.63) is 0 Å². The van der Waals surface area contributed by atoms with Crippen molar-refractivity contribution in [2.45, 2.75) is 58.0 Å². The van der Waals surface area contributed by atoms with Crippen LogP contribution < -0.4 is 5.73 Å². The van der Waals surface area contributed by atoms with Crippen molar-refractivity contribution in [2.75, 3.05) is 13.1 Å². The van der Waals surface area contributed by atoms with Gasteiger partial charge in [-0.15, -0.1) is 0 Å². The van der Waals surface area contributed by atoms with Gasteiger partial charge in [0.1, 0.15) is 0 Å². The smallest absolute Gasteiger partial charge is 0.0572 e. The monoisotopic (exact) mass is 210 g/mol. The Balaban J connectivity index is 1.80. The lowest BCUT2D eigenvalue weighted by molar-refractivity contribution is 0.0892. The molecule has 1 heterocycles. The van der Waals surface area contributed by atoms with Crippen LogP contribution >= 0.6 is 0 Å². The summed E-state index contributed by atoms with van der Waals surface area (Å²) < 4.78 is 0.